The molecule has 2 rings (SSSR count). The molecule has 1 aromatic heterocycles. The first-order valence-corrected chi connectivity index (χ1v) is 5.80. The number of nitrogens with zero attached hydrogens (tertiary/aromatic N) is 1. The maximum atomic E-state index is 11.1. The van der Waals surface area contributed by atoms with Crippen molar-refractivity contribution in [2.75, 3.05) is 0 Å². The molecular formula is C10H14N2OS. The van der Waals surface area contributed by atoms with E-state index in [4.69, 9.17) is 0 Å². The molecule has 1 amide bonds. The Hall–Kier alpha value is -0.900. The number of amides is 1. The first kappa shape index (κ1) is 9.65. The van der Waals surface area contributed by atoms with Crippen molar-refractivity contribution in [3.05, 3.63) is 16.1 Å². The number of aromatic nitrogens is 1. The van der Waals surface area contributed by atoms with Gasteiger partial charge in [-0.3, -0.25) is 4.79 Å². The summed E-state index contributed by atoms with van der Waals surface area (Å²) in [7, 11) is 0. The van der Waals surface area contributed by atoms with Crippen LogP contribution in [0.1, 0.15) is 24.0 Å². The van der Waals surface area contributed by atoms with Crippen molar-refractivity contribution >= 4 is 17.2 Å². The molecule has 0 radical (unpaired) electrons. The lowest BCUT2D eigenvalue weighted by atomic mass is 9.86. The van der Waals surface area contributed by atoms with E-state index in [9.17, 15) is 4.79 Å². The fraction of sp³-hybridized carbons (Fsp3) is 0.600. The molecule has 1 fully saturated rings. The Labute approximate surface area is 87.6 Å². The van der Waals surface area contributed by atoms with E-state index in [0.29, 0.717) is 6.04 Å². The minimum atomic E-state index is 0.200. The lowest BCUT2D eigenvalue weighted by molar-refractivity contribution is -0.135. The standard InChI is InChI=1S/C10H14N2OS/c1-3-7-8(12-10(7)13)4-9-11-6(2)5-14-9/h5,7-8H,3-4H2,1-2H3,(H,12,13). The third kappa shape index (κ3) is 1.66. The largest absolute Gasteiger partial charge is 0.352 e. The van der Waals surface area contributed by atoms with E-state index in [0.717, 1.165) is 23.5 Å². The number of hydrogen-bond acceptors (Lipinski definition) is 3. The maximum absolute atomic E-state index is 11.1. The van der Waals surface area contributed by atoms with E-state index in [1.807, 2.05) is 6.92 Å². The maximum Gasteiger partial charge on any atom is 0.225 e. The summed E-state index contributed by atoms with van der Waals surface area (Å²) in [6, 6.07) is 0.318. The Balaban J connectivity index is 1.96. The molecule has 1 aliphatic heterocycles. The molecule has 1 aromatic rings. The lowest BCUT2D eigenvalue weighted by Crippen LogP contribution is -2.58. The summed E-state index contributed by atoms with van der Waals surface area (Å²) < 4.78 is 0. The van der Waals surface area contributed by atoms with Gasteiger partial charge in [-0.05, 0) is 13.3 Å². The summed E-state index contributed by atoms with van der Waals surface area (Å²) in [5.41, 5.74) is 1.07. The van der Waals surface area contributed by atoms with Crippen LogP contribution in [0.3, 0.4) is 0 Å². The van der Waals surface area contributed by atoms with Crippen molar-refractivity contribution in [1.29, 1.82) is 0 Å². The molecule has 0 aliphatic carbocycles. The van der Waals surface area contributed by atoms with Gasteiger partial charge in [0.15, 0.2) is 0 Å². The van der Waals surface area contributed by atoms with Crippen molar-refractivity contribution < 1.29 is 4.79 Å². The highest BCUT2D eigenvalue weighted by Crippen LogP contribution is 2.23. The van der Waals surface area contributed by atoms with Crippen molar-refractivity contribution in [3.8, 4) is 0 Å². The number of rotatable bonds is 3. The Morgan fingerprint density at radius 1 is 1.64 bits per heavy atom. The molecule has 2 atom stereocenters. The predicted molar refractivity (Wildman–Crippen MR) is 56.3 cm³/mol. The Morgan fingerprint density at radius 3 is 2.93 bits per heavy atom. The molecule has 14 heavy (non-hydrogen) atoms. The molecule has 0 spiro atoms. The molecule has 1 N–H and O–H groups in total. The number of carbonyl (C=O) groups is 1. The van der Waals surface area contributed by atoms with Crippen LogP contribution < -0.4 is 5.32 Å². The highest BCUT2D eigenvalue weighted by molar-refractivity contribution is 7.09. The fourth-order valence-corrected chi connectivity index (χ4v) is 2.66. The van der Waals surface area contributed by atoms with Crippen LogP contribution >= 0.6 is 11.3 Å². The van der Waals surface area contributed by atoms with Gasteiger partial charge in [-0.25, -0.2) is 4.98 Å². The van der Waals surface area contributed by atoms with Gasteiger partial charge in [0.2, 0.25) is 5.91 Å². The fourth-order valence-electron chi connectivity index (χ4n) is 1.82. The summed E-state index contributed by atoms with van der Waals surface area (Å²) in [5, 5.41) is 6.11. The zero-order valence-electron chi connectivity index (χ0n) is 8.41. The van der Waals surface area contributed by atoms with Crippen LogP contribution in [0, 0.1) is 12.8 Å². The van der Waals surface area contributed by atoms with E-state index in [-0.39, 0.29) is 11.8 Å². The van der Waals surface area contributed by atoms with Gasteiger partial charge in [0.25, 0.3) is 0 Å². The van der Waals surface area contributed by atoms with Crippen LogP contribution in [0.15, 0.2) is 5.38 Å². The van der Waals surface area contributed by atoms with Crippen LogP contribution in [-0.2, 0) is 11.2 Å². The Morgan fingerprint density at radius 2 is 2.43 bits per heavy atom. The van der Waals surface area contributed by atoms with Gasteiger partial charge in [-0.2, -0.15) is 0 Å². The summed E-state index contributed by atoms with van der Waals surface area (Å²) >= 11 is 1.68. The average Bonchev–Trinajstić information content (AvgIpc) is 2.51. The van der Waals surface area contributed by atoms with Gasteiger partial charge >= 0.3 is 0 Å². The number of thiazole rings is 1. The second-order valence-electron chi connectivity index (χ2n) is 3.72. The number of nitrogens with one attached hydrogen (secondary N) is 1. The molecule has 1 saturated heterocycles. The van der Waals surface area contributed by atoms with Crippen LogP contribution in [0.2, 0.25) is 0 Å². The molecule has 4 heteroatoms. The van der Waals surface area contributed by atoms with Gasteiger partial charge < -0.3 is 5.32 Å². The van der Waals surface area contributed by atoms with Gasteiger partial charge in [-0.15, -0.1) is 11.3 Å². The predicted octanol–water partition coefficient (Wildman–Crippen LogP) is 1.52. The molecule has 0 aromatic carbocycles. The van der Waals surface area contributed by atoms with Crippen LogP contribution in [0.5, 0.6) is 0 Å². The molecule has 2 unspecified atom stereocenters. The monoisotopic (exact) mass is 210 g/mol. The minimum Gasteiger partial charge on any atom is -0.352 e. The normalized spacial score (nSPS) is 25.7. The van der Waals surface area contributed by atoms with E-state index in [1.165, 1.54) is 0 Å². The highest BCUT2D eigenvalue weighted by atomic mass is 32.1. The number of β-lactam (4-membered cyclic amide) rings is 1. The molecule has 0 saturated carbocycles. The van der Waals surface area contributed by atoms with Crippen molar-refractivity contribution in [1.82, 2.24) is 10.3 Å². The number of carbonyl (C=O) groups excluding carboxylic acids is 1. The summed E-state index contributed by atoms with van der Waals surface area (Å²) in [5.74, 6) is 0.407. The Kier molecular flexibility index (Phi) is 2.54. The van der Waals surface area contributed by atoms with Gasteiger partial charge in [0.05, 0.1) is 10.9 Å². The van der Waals surface area contributed by atoms with E-state index in [2.05, 4.69) is 22.6 Å². The van der Waals surface area contributed by atoms with Crippen LogP contribution in [-0.4, -0.2) is 16.9 Å². The molecule has 76 valence electrons. The SMILES string of the molecule is CCC1C(=O)NC1Cc1nc(C)cs1. The van der Waals surface area contributed by atoms with Crippen molar-refractivity contribution in [2.24, 2.45) is 5.92 Å². The second-order valence-corrected chi connectivity index (χ2v) is 4.66. The average molecular weight is 210 g/mol. The molecule has 1 aliphatic rings. The molecular weight excluding hydrogens is 196 g/mol. The summed E-state index contributed by atoms with van der Waals surface area (Å²) in [6.45, 7) is 4.06. The lowest BCUT2D eigenvalue weighted by Gasteiger charge is -2.35. The summed E-state index contributed by atoms with van der Waals surface area (Å²) in [4.78, 5) is 15.5. The molecule has 3 nitrogen and oxygen atoms in total. The van der Waals surface area contributed by atoms with Gasteiger partial charge in [0.1, 0.15) is 0 Å². The van der Waals surface area contributed by atoms with Gasteiger partial charge in [-0.1, -0.05) is 6.92 Å². The first-order valence-electron chi connectivity index (χ1n) is 4.92. The van der Waals surface area contributed by atoms with Crippen molar-refractivity contribution in [3.63, 3.8) is 0 Å². The smallest absolute Gasteiger partial charge is 0.225 e. The number of hydrogen-bond donors (Lipinski definition) is 1. The molecule has 2 heterocycles. The van der Waals surface area contributed by atoms with Crippen LogP contribution in [0.4, 0.5) is 0 Å². The van der Waals surface area contributed by atoms with E-state index < -0.39 is 0 Å². The van der Waals surface area contributed by atoms with Crippen LogP contribution in [0.25, 0.3) is 0 Å². The second kappa shape index (κ2) is 3.69. The molecule has 0 bridgehead atoms. The van der Waals surface area contributed by atoms with Gasteiger partial charge in [0, 0.05) is 23.5 Å². The van der Waals surface area contributed by atoms with Crippen molar-refractivity contribution in [2.45, 2.75) is 32.7 Å². The Bertz CT molecular complexity index is 348. The topological polar surface area (TPSA) is 42.0 Å². The third-order valence-electron chi connectivity index (χ3n) is 2.65. The third-order valence-corrected chi connectivity index (χ3v) is 3.64. The quantitative estimate of drug-likeness (QED) is 0.768. The van der Waals surface area contributed by atoms with E-state index >= 15 is 0 Å². The zero-order chi connectivity index (χ0) is 10.1. The zero-order valence-corrected chi connectivity index (χ0v) is 9.23. The first-order chi connectivity index (χ1) is 6.70. The summed E-state index contributed by atoms with van der Waals surface area (Å²) in [6.07, 6.45) is 1.82. The highest BCUT2D eigenvalue weighted by Gasteiger charge is 2.37. The van der Waals surface area contributed by atoms with E-state index in [1.54, 1.807) is 11.3 Å². The minimum absolute atomic E-state index is 0.200. The number of aryl methyl sites for hydroxylation is 1.